The maximum atomic E-state index is 11.5. The van der Waals surface area contributed by atoms with Crippen LogP contribution in [0.15, 0.2) is 24.3 Å². The van der Waals surface area contributed by atoms with E-state index in [1.807, 2.05) is 45.0 Å². The molecule has 0 aliphatic heterocycles. The van der Waals surface area contributed by atoms with Crippen molar-refractivity contribution in [3.63, 3.8) is 0 Å². The molecule has 0 aliphatic rings. The molecule has 1 aromatic carbocycles. The number of carbonyl (C=O) groups is 1. The molecule has 0 radical (unpaired) electrons. The van der Waals surface area contributed by atoms with Crippen molar-refractivity contribution in [3.05, 3.63) is 35.4 Å². The van der Waals surface area contributed by atoms with Crippen LogP contribution < -0.4 is 0 Å². The van der Waals surface area contributed by atoms with E-state index in [4.69, 9.17) is 11.2 Å². The van der Waals surface area contributed by atoms with Gasteiger partial charge < -0.3 is 4.74 Å². The van der Waals surface area contributed by atoms with Crippen LogP contribution in [-0.4, -0.2) is 11.6 Å². The minimum Gasteiger partial charge on any atom is -0.460 e. The summed E-state index contributed by atoms with van der Waals surface area (Å²) in [5.74, 6) is 2.31. The van der Waals surface area contributed by atoms with Gasteiger partial charge in [-0.2, -0.15) is 0 Å². The molecule has 0 amide bonds. The first kappa shape index (κ1) is 12.3. The molecule has 0 saturated carbocycles. The van der Waals surface area contributed by atoms with Crippen LogP contribution >= 0.6 is 0 Å². The monoisotopic (exact) mass is 216 g/mol. The van der Waals surface area contributed by atoms with Crippen molar-refractivity contribution >= 4 is 5.97 Å². The average Bonchev–Trinajstić information content (AvgIpc) is 2.16. The summed E-state index contributed by atoms with van der Waals surface area (Å²) >= 11 is 0. The number of hydrogen-bond acceptors (Lipinski definition) is 2. The fourth-order valence-corrected chi connectivity index (χ4v) is 1.26. The van der Waals surface area contributed by atoms with E-state index in [-0.39, 0.29) is 12.4 Å². The summed E-state index contributed by atoms with van der Waals surface area (Å²) in [6, 6.07) is 7.33. The Morgan fingerprint density at radius 1 is 1.31 bits per heavy atom. The van der Waals surface area contributed by atoms with E-state index in [2.05, 4.69) is 5.92 Å². The Balaban J connectivity index is 2.61. The van der Waals surface area contributed by atoms with Crippen LogP contribution in [-0.2, 0) is 16.0 Å². The van der Waals surface area contributed by atoms with Gasteiger partial charge in [-0.3, -0.25) is 4.79 Å². The van der Waals surface area contributed by atoms with Gasteiger partial charge in [0.05, 0.1) is 6.42 Å². The minimum absolute atomic E-state index is 0.221. The zero-order valence-electron chi connectivity index (χ0n) is 9.91. The summed E-state index contributed by atoms with van der Waals surface area (Å²) in [6.45, 7) is 5.56. The molecule has 0 aromatic heterocycles. The Morgan fingerprint density at radius 3 is 2.31 bits per heavy atom. The van der Waals surface area contributed by atoms with Gasteiger partial charge in [-0.15, -0.1) is 6.42 Å². The Labute approximate surface area is 96.6 Å². The van der Waals surface area contributed by atoms with Crippen molar-refractivity contribution in [1.29, 1.82) is 0 Å². The number of benzene rings is 1. The molecule has 0 atom stereocenters. The van der Waals surface area contributed by atoms with Gasteiger partial charge in [-0.05, 0) is 38.5 Å². The quantitative estimate of drug-likeness (QED) is 0.561. The molecule has 2 nitrogen and oxygen atoms in total. The fourth-order valence-electron chi connectivity index (χ4n) is 1.26. The molecule has 0 aliphatic carbocycles. The van der Waals surface area contributed by atoms with E-state index in [9.17, 15) is 4.79 Å². The van der Waals surface area contributed by atoms with E-state index >= 15 is 0 Å². The highest BCUT2D eigenvalue weighted by atomic mass is 16.6. The molecular weight excluding hydrogens is 200 g/mol. The lowest BCUT2D eigenvalue weighted by Gasteiger charge is -2.19. The van der Waals surface area contributed by atoms with Crippen molar-refractivity contribution in [2.24, 2.45) is 0 Å². The van der Waals surface area contributed by atoms with Gasteiger partial charge in [0.25, 0.3) is 0 Å². The largest absolute Gasteiger partial charge is 0.460 e. The summed E-state index contributed by atoms with van der Waals surface area (Å²) in [5.41, 5.74) is 1.29. The second kappa shape index (κ2) is 4.85. The maximum Gasteiger partial charge on any atom is 0.310 e. The topological polar surface area (TPSA) is 26.3 Å². The first-order valence-corrected chi connectivity index (χ1v) is 5.18. The SMILES string of the molecule is C#Cc1ccc(CC(=O)OC(C)(C)C)cc1. The van der Waals surface area contributed by atoms with Crippen LogP contribution in [0.1, 0.15) is 31.9 Å². The van der Waals surface area contributed by atoms with Crippen LogP contribution in [0.5, 0.6) is 0 Å². The molecule has 84 valence electrons. The molecule has 0 heterocycles. The molecule has 1 aromatic rings. The van der Waals surface area contributed by atoms with Crippen molar-refractivity contribution in [2.45, 2.75) is 32.8 Å². The van der Waals surface area contributed by atoms with Gasteiger partial charge >= 0.3 is 5.97 Å². The van der Waals surface area contributed by atoms with Crippen molar-refractivity contribution < 1.29 is 9.53 Å². The molecule has 1 rings (SSSR count). The number of rotatable bonds is 2. The Bertz CT molecular complexity index is 402. The predicted octanol–water partition coefficient (Wildman–Crippen LogP) is 2.55. The number of ether oxygens (including phenoxy) is 1. The summed E-state index contributed by atoms with van der Waals surface area (Å²) in [4.78, 5) is 11.5. The van der Waals surface area contributed by atoms with E-state index in [1.54, 1.807) is 0 Å². The Kier molecular flexibility index (Phi) is 3.73. The lowest BCUT2D eigenvalue weighted by atomic mass is 10.1. The molecule has 0 fully saturated rings. The molecule has 0 saturated heterocycles. The Hall–Kier alpha value is -1.75. The second-order valence-corrected chi connectivity index (χ2v) is 4.60. The number of hydrogen-bond donors (Lipinski definition) is 0. The lowest BCUT2D eigenvalue weighted by molar-refractivity contribution is -0.153. The zero-order valence-corrected chi connectivity index (χ0v) is 9.91. The lowest BCUT2D eigenvalue weighted by Crippen LogP contribution is -2.24. The van der Waals surface area contributed by atoms with Gasteiger partial charge in [0.15, 0.2) is 0 Å². The summed E-state index contributed by atoms with van der Waals surface area (Å²) < 4.78 is 5.22. The van der Waals surface area contributed by atoms with Crippen molar-refractivity contribution in [3.8, 4) is 12.3 Å². The predicted molar refractivity (Wildman–Crippen MR) is 63.9 cm³/mol. The smallest absolute Gasteiger partial charge is 0.310 e. The first-order chi connectivity index (χ1) is 7.40. The third-order valence-corrected chi connectivity index (χ3v) is 1.89. The third kappa shape index (κ3) is 4.18. The van der Waals surface area contributed by atoms with Crippen LogP contribution in [0.4, 0.5) is 0 Å². The molecule has 0 spiro atoms. The molecule has 0 unspecified atom stereocenters. The molecule has 16 heavy (non-hydrogen) atoms. The van der Waals surface area contributed by atoms with E-state index < -0.39 is 5.60 Å². The van der Waals surface area contributed by atoms with E-state index in [0.717, 1.165) is 11.1 Å². The van der Waals surface area contributed by atoms with Crippen LogP contribution in [0.25, 0.3) is 0 Å². The highest BCUT2D eigenvalue weighted by Crippen LogP contribution is 2.10. The number of esters is 1. The third-order valence-electron chi connectivity index (χ3n) is 1.89. The number of carbonyl (C=O) groups excluding carboxylic acids is 1. The van der Waals surface area contributed by atoms with E-state index in [0.29, 0.717) is 0 Å². The van der Waals surface area contributed by atoms with Crippen LogP contribution in [0, 0.1) is 12.3 Å². The fraction of sp³-hybridized carbons (Fsp3) is 0.357. The zero-order chi connectivity index (χ0) is 12.2. The van der Waals surface area contributed by atoms with Gasteiger partial charge in [0.1, 0.15) is 5.60 Å². The highest BCUT2D eigenvalue weighted by Gasteiger charge is 2.16. The maximum absolute atomic E-state index is 11.5. The van der Waals surface area contributed by atoms with Crippen LogP contribution in [0.3, 0.4) is 0 Å². The highest BCUT2D eigenvalue weighted by molar-refractivity contribution is 5.73. The standard InChI is InChI=1S/C14H16O2/c1-5-11-6-8-12(9-7-11)10-13(15)16-14(2,3)4/h1,6-9H,10H2,2-4H3. The number of terminal acetylenes is 1. The van der Waals surface area contributed by atoms with E-state index in [1.165, 1.54) is 0 Å². The summed E-state index contributed by atoms with van der Waals surface area (Å²) in [5, 5.41) is 0. The van der Waals surface area contributed by atoms with Gasteiger partial charge in [0.2, 0.25) is 0 Å². The van der Waals surface area contributed by atoms with Gasteiger partial charge in [0, 0.05) is 5.56 Å². The summed E-state index contributed by atoms with van der Waals surface area (Å²) in [7, 11) is 0. The summed E-state index contributed by atoms with van der Waals surface area (Å²) in [6.07, 6.45) is 5.52. The normalized spacial score (nSPS) is 10.6. The molecule has 0 bridgehead atoms. The van der Waals surface area contributed by atoms with Crippen molar-refractivity contribution in [1.82, 2.24) is 0 Å². The van der Waals surface area contributed by atoms with Gasteiger partial charge in [-0.1, -0.05) is 18.1 Å². The van der Waals surface area contributed by atoms with Crippen molar-refractivity contribution in [2.75, 3.05) is 0 Å². The molecule has 2 heteroatoms. The second-order valence-electron chi connectivity index (χ2n) is 4.60. The average molecular weight is 216 g/mol. The Morgan fingerprint density at radius 2 is 1.88 bits per heavy atom. The molecule has 0 N–H and O–H groups in total. The molecular formula is C14H16O2. The van der Waals surface area contributed by atoms with Crippen LogP contribution in [0.2, 0.25) is 0 Å². The first-order valence-electron chi connectivity index (χ1n) is 5.18. The minimum atomic E-state index is -0.435. The van der Waals surface area contributed by atoms with Gasteiger partial charge in [-0.25, -0.2) is 0 Å².